The minimum atomic E-state index is -0.326. The Bertz CT molecular complexity index is 824. The highest BCUT2D eigenvalue weighted by molar-refractivity contribution is 5.97. The zero-order valence-corrected chi connectivity index (χ0v) is 20.5. The molecule has 3 N–H and O–H groups in total. The summed E-state index contributed by atoms with van der Waals surface area (Å²) >= 11 is 0. The van der Waals surface area contributed by atoms with Crippen LogP contribution >= 0.6 is 0 Å². The van der Waals surface area contributed by atoms with E-state index in [2.05, 4.69) is 19.2 Å². The van der Waals surface area contributed by atoms with Crippen LogP contribution in [0.1, 0.15) is 94.5 Å². The Labute approximate surface area is 197 Å². The van der Waals surface area contributed by atoms with Crippen molar-refractivity contribution < 1.29 is 24.5 Å². The summed E-state index contributed by atoms with van der Waals surface area (Å²) in [5.74, 6) is -0.171. The van der Waals surface area contributed by atoms with Gasteiger partial charge in [-0.3, -0.25) is 9.59 Å². The van der Waals surface area contributed by atoms with Crippen molar-refractivity contribution in [3.05, 3.63) is 23.3 Å². The number of phenolic OH excluding ortho intramolecular Hbond substituents is 2. The lowest BCUT2D eigenvalue weighted by Crippen LogP contribution is -2.51. The molecule has 1 aromatic rings. The molecule has 0 bridgehead atoms. The van der Waals surface area contributed by atoms with Crippen molar-refractivity contribution in [2.24, 2.45) is 5.92 Å². The molecular formula is C26H40N2O5. The van der Waals surface area contributed by atoms with Crippen LogP contribution in [-0.2, 0) is 9.53 Å². The maximum atomic E-state index is 13.1. The zero-order valence-electron chi connectivity index (χ0n) is 20.5. The summed E-state index contributed by atoms with van der Waals surface area (Å²) in [5.41, 5.74) is 0.866. The summed E-state index contributed by atoms with van der Waals surface area (Å²) in [4.78, 5) is 27.6. The van der Waals surface area contributed by atoms with Crippen LogP contribution in [0.3, 0.4) is 0 Å². The number of benzene rings is 1. The third-order valence-corrected chi connectivity index (χ3v) is 6.79. The first-order chi connectivity index (χ1) is 15.7. The molecular weight excluding hydrogens is 420 g/mol. The number of ether oxygens (including phenoxy) is 1. The Morgan fingerprint density at radius 1 is 1.03 bits per heavy atom. The molecule has 184 valence electrons. The molecule has 7 heteroatoms. The first kappa shape index (κ1) is 25.3. The predicted octanol–water partition coefficient (Wildman–Crippen LogP) is 4.32. The monoisotopic (exact) mass is 460 g/mol. The number of esters is 1. The quantitative estimate of drug-likeness (QED) is 0.500. The molecule has 0 radical (unpaired) electrons. The number of carbonyl (C=O) groups is 2. The van der Waals surface area contributed by atoms with E-state index in [1.165, 1.54) is 6.07 Å². The van der Waals surface area contributed by atoms with Gasteiger partial charge < -0.3 is 25.2 Å². The predicted molar refractivity (Wildman–Crippen MR) is 128 cm³/mol. The SMILES string of the molecule is CC(C)CC(NC1CCN(C(=O)c2cc(C(C)C)c(O)cc2O)CC1)C(=O)OC1CCCC1. The van der Waals surface area contributed by atoms with Crippen LogP contribution in [-0.4, -0.2) is 58.3 Å². The molecule has 1 saturated heterocycles. The highest BCUT2D eigenvalue weighted by Gasteiger charge is 2.31. The fourth-order valence-electron chi connectivity index (χ4n) is 4.89. The van der Waals surface area contributed by atoms with Gasteiger partial charge in [0, 0.05) is 25.2 Å². The summed E-state index contributed by atoms with van der Waals surface area (Å²) in [6.45, 7) is 9.16. The molecule has 1 heterocycles. The van der Waals surface area contributed by atoms with Gasteiger partial charge in [-0.15, -0.1) is 0 Å². The Hall–Kier alpha value is -2.28. The van der Waals surface area contributed by atoms with E-state index >= 15 is 0 Å². The van der Waals surface area contributed by atoms with Crippen LogP contribution in [0.2, 0.25) is 0 Å². The van der Waals surface area contributed by atoms with Gasteiger partial charge in [0.2, 0.25) is 0 Å². The van der Waals surface area contributed by atoms with E-state index in [4.69, 9.17) is 4.74 Å². The maximum absolute atomic E-state index is 13.1. The molecule has 1 amide bonds. The normalized spacial score (nSPS) is 18.8. The van der Waals surface area contributed by atoms with Crippen LogP contribution < -0.4 is 5.32 Å². The molecule has 1 aromatic carbocycles. The summed E-state index contributed by atoms with van der Waals surface area (Å²) in [7, 11) is 0. The fourth-order valence-corrected chi connectivity index (χ4v) is 4.89. The summed E-state index contributed by atoms with van der Waals surface area (Å²) in [6.07, 6.45) is 6.42. The number of likely N-dealkylation sites (tertiary alicyclic amines) is 1. The molecule has 0 spiro atoms. The lowest BCUT2D eigenvalue weighted by atomic mass is 9.97. The standard InChI is InChI=1S/C26H40N2O5/c1-16(2)13-22(26(32)33-19-7-5-6-8-19)27-18-9-11-28(12-10-18)25(31)21-14-20(17(3)4)23(29)15-24(21)30/h14-19,22,27,29-30H,5-13H2,1-4H3. The van der Waals surface area contributed by atoms with Crippen LogP contribution in [0, 0.1) is 5.92 Å². The van der Waals surface area contributed by atoms with Crippen LogP contribution in [0.5, 0.6) is 11.5 Å². The van der Waals surface area contributed by atoms with Crippen LogP contribution in [0.4, 0.5) is 0 Å². The number of piperidine rings is 1. The Balaban J connectivity index is 1.59. The highest BCUT2D eigenvalue weighted by atomic mass is 16.5. The van der Waals surface area contributed by atoms with Crippen molar-refractivity contribution in [1.82, 2.24) is 10.2 Å². The lowest BCUT2D eigenvalue weighted by Gasteiger charge is -2.35. The zero-order chi connectivity index (χ0) is 24.1. The number of phenols is 2. The molecule has 1 aliphatic carbocycles. The minimum Gasteiger partial charge on any atom is -0.508 e. The smallest absolute Gasteiger partial charge is 0.323 e. The second-order valence-corrected chi connectivity index (χ2v) is 10.3. The molecule has 1 saturated carbocycles. The molecule has 3 rings (SSSR count). The number of hydrogen-bond donors (Lipinski definition) is 3. The van der Waals surface area contributed by atoms with Crippen molar-refractivity contribution in [1.29, 1.82) is 0 Å². The number of hydrogen-bond acceptors (Lipinski definition) is 6. The first-order valence-electron chi connectivity index (χ1n) is 12.5. The van der Waals surface area contributed by atoms with Crippen molar-refractivity contribution in [2.45, 2.75) is 96.7 Å². The number of carbonyl (C=O) groups excluding carboxylic acids is 2. The summed E-state index contributed by atoms with van der Waals surface area (Å²) < 4.78 is 5.77. The minimum absolute atomic E-state index is 0.00245. The van der Waals surface area contributed by atoms with Gasteiger partial charge in [0.05, 0.1) is 5.56 Å². The van der Waals surface area contributed by atoms with E-state index in [0.29, 0.717) is 24.6 Å². The van der Waals surface area contributed by atoms with Gasteiger partial charge in [-0.05, 0) is 68.4 Å². The third kappa shape index (κ3) is 6.62. The first-order valence-corrected chi connectivity index (χ1v) is 12.5. The maximum Gasteiger partial charge on any atom is 0.323 e. The highest BCUT2D eigenvalue weighted by Crippen LogP contribution is 2.33. The second-order valence-electron chi connectivity index (χ2n) is 10.3. The summed E-state index contributed by atoms with van der Waals surface area (Å²) in [5, 5.41) is 23.8. The average Bonchev–Trinajstić information content (AvgIpc) is 3.26. The number of amides is 1. The number of aromatic hydroxyl groups is 2. The van der Waals surface area contributed by atoms with Crippen molar-refractivity contribution in [3.63, 3.8) is 0 Å². The van der Waals surface area contributed by atoms with Gasteiger partial charge in [-0.2, -0.15) is 0 Å². The van der Waals surface area contributed by atoms with Crippen LogP contribution in [0.25, 0.3) is 0 Å². The van der Waals surface area contributed by atoms with E-state index in [9.17, 15) is 19.8 Å². The van der Waals surface area contributed by atoms with Crippen molar-refractivity contribution in [2.75, 3.05) is 13.1 Å². The third-order valence-electron chi connectivity index (χ3n) is 6.79. The largest absolute Gasteiger partial charge is 0.508 e. The fraction of sp³-hybridized carbons (Fsp3) is 0.692. The number of nitrogens with zero attached hydrogens (tertiary/aromatic N) is 1. The van der Waals surface area contributed by atoms with E-state index in [0.717, 1.165) is 44.9 Å². The lowest BCUT2D eigenvalue weighted by molar-refractivity contribution is -0.152. The van der Waals surface area contributed by atoms with Gasteiger partial charge in [-0.1, -0.05) is 27.7 Å². The number of nitrogens with one attached hydrogen (secondary N) is 1. The molecule has 2 aliphatic rings. The van der Waals surface area contributed by atoms with Gasteiger partial charge in [-0.25, -0.2) is 0 Å². The molecule has 1 atom stereocenters. The second kappa shape index (κ2) is 11.2. The average molecular weight is 461 g/mol. The van der Waals surface area contributed by atoms with Gasteiger partial charge in [0.1, 0.15) is 23.6 Å². The van der Waals surface area contributed by atoms with E-state index < -0.39 is 0 Å². The van der Waals surface area contributed by atoms with Crippen molar-refractivity contribution in [3.8, 4) is 11.5 Å². The Morgan fingerprint density at radius 3 is 2.24 bits per heavy atom. The number of rotatable bonds is 8. The van der Waals surface area contributed by atoms with E-state index in [1.54, 1.807) is 11.0 Å². The van der Waals surface area contributed by atoms with Gasteiger partial charge >= 0.3 is 5.97 Å². The molecule has 1 unspecified atom stereocenters. The van der Waals surface area contributed by atoms with Gasteiger partial charge in [0.25, 0.3) is 5.91 Å². The van der Waals surface area contributed by atoms with E-state index in [-0.39, 0.29) is 53.0 Å². The molecule has 1 aliphatic heterocycles. The molecule has 2 fully saturated rings. The molecule has 0 aromatic heterocycles. The Morgan fingerprint density at radius 2 is 1.67 bits per heavy atom. The van der Waals surface area contributed by atoms with Crippen LogP contribution in [0.15, 0.2) is 12.1 Å². The molecule has 7 nitrogen and oxygen atoms in total. The van der Waals surface area contributed by atoms with Crippen molar-refractivity contribution >= 4 is 11.9 Å². The molecule has 33 heavy (non-hydrogen) atoms. The van der Waals surface area contributed by atoms with Gasteiger partial charge in [0.15, 0.2) is 0 Å². The van der Waals surface area contributed by atoms with E-state index in [1.807, 2.05) is 13.8 Å². The topological polar surface area (TPSA) is 99.1 Å². The summed E-state index contributed by atoms with van der Waals surface area (Å²) in [6, 6.07) is 2.66. The Kier molecular flexibility index (Phi) is 8.63.